The molecule has 0 aliphatic heterocycles. The van der Waals surface area contributed by atoms with Crippen LogP contribution < -0.4 is 4.74 Å². The van der Waals surface area contributed by atoms with Gasteiger partial charge in [0.15, 0.2) is 0 Å². The fourth-order valence-electron chi connectivity index (χ4n) is 1.16. The second kappa shape index (κ2) is 5.78. The molecule has 0 heterocycles. The number of ether oxygens (including phenoxy) is 1. The van der Waals surface area contributed by atoms with Gasteiger partial charge in [0.25, 0.3) is 0 Å². The van der Waals surface area contributed by atoms with Gasteiger partial charge in [0.1, 0.15) is 5.75 Å². The molecule has 1 unspecified atom stereocenters. The summed E-state index contributed by atoms with van der Waals surface area (Å²) in [7, 11) is 0. The first kappa shape index (κ1) is 11.2. The highest BCUT2D eigenvalue weighted by molar-refractivity contribution is 7.79. The molecule has 3 nitrogen and oxygen atoms in total. The average Bonchev–Trinajstić information content (AvgIpc) is 2.16. The highest BCUT2D eigenvalue weighted by Crippen LogP contribution is 2.13. The van der Waals surface area contributed by atoms with Crippen molar-refractivity contribution >= 4 is 11.1 Å². The van der Waals surface area contributed by atoms with Crippen LogP contribution >= 0.6 is 0 Å². The van der Waals surface area contributed by atoms with Crippen molar-refractivity contribution in [3.63, 3.8) is 0 Å². The summed E-state index contributed by atoms with van der Waals surface area (Å²) in [6.07, 6.45) is 0.539. The Balaban J connectivity index is 2.58. The van der Waals surface area contributed by atoms with Crippen molar-refractivity contribution < 1.29 is 13.5 Å². The van der Waals surface area contributed by atoms with Crippen LogP contribution in [0.2, 0.25) is 0 Å². The average molecular weight is 213 g/mol. The molecule has 1 aromatic carbocycles. The predicted octanol–water partition coefficient (Wildman–Crippen LogP) is 1.51. The lowest BCUT2D eigenvalue weighted by atomic mass is 10.2. The van der Waals surface area contributed by atoms with E-state index in [0.29, 0.717) is 13.0 Å². The Labute approximate surface area is 86.4 Å². The molecule has 0 aliphatic carbocycles. The molecule has 0 saturated carbocycles. The summed E-state index contributed by atoms with van der Waals surface area (Å²) in [6, 6.07) is 7.50. The van der Waals surface area contributed by atoms with Crippen LogP contribution in [0.1, 0.15) is 12.5 Å². The summed E-state index contributed by atoms with van der Waals surface area (Å²) in [5.41, 5.74) is 0.986. The predicted molar refractivity (Wildman–Crippen MR) is 55.1 cm³/mol. The highest BCUT2D eigenvalue weighted by atomic mass is 32.2. The number of hydrogen-bond acceptors (Lipinski definition) is 3. The quantitative estimate of drug-likeness (QED) is 0.696. The summed E-state index contributed by atoms with van der Waals surface area (Å²) in [5, 5.41) is 0. The Morgan fingerprint density at radius 1 is 1.50 bits per heavy atom. The third-order valence-corrected chi connectivity index (χ3v) is 2.30. The maximum atomic E-state index is 10.4. The molecule has 0 radical (unpaired) electrons. The van der Waals surface area contributed by atoms with Crippen LogP contribution in [0.25, 0.3) is 0 Å². The monoisotopic (exact) mass is 213 g/mol. The van der Waals surface area contributed by atoms with E-state index < -0.39 is 11.1 Å². The van der Waals surface area contributed by atoms with Gasteiger partial charge >= 0.3 is 0 Å². The maximum absolute atomic E-state index is 10.4. The molecule has 1 rings (SSSR count). The van der Waals surface area contributed by atoms with Crippen LogP contribution in [0, 0.1) is 0 Å². The topological polar surface area (TPSA) is 49.4 Å². The number of hydrogen-bond donors (Lipinski definition) is 0. The molecular formula is C10H13O3S-. The molecule has 0 aromatic heterocycles. The van der Waals surface area contributed by atoms with Gasteiger partial charge in [-0.1, -0.05) is 23.2 Å². The van der Waals surface area contributed by atoms with Crippen molar-refractivity contribution in [3.8, 4) is 5.75 Å². The van der Waals surface area contributed by atoms with E-state index in [1.54, 1.807) is 0 Å². The number of aryl methyl sites for hydroxylation is 1. The van der Waals surface area contributed by atoms with Gasteiger partial charge in [-0.3, -0.25) is 4.21 Å². The summed E-state index contributed by atoms with van der Waals surface area (Å²) in [6.45, 7) is 2.54. The van der Waals surface area contributed by atoms with Gasteiger partial charge in [-0.15, -0.1) is 0 Å². The molecule has 0 amide bonds. The van der Waals surface area contributed by atoms with E-state index in [9.17, 15) is 8.76 Å². The van der Waals surface area contributed by atoms with Crippen LogP contribution in [0.5, 0.6) is 5.75 Å². The third kappa shape index (κ3) is 3.89. The molecule has 1 aromatic rings. The zero-order chi connectivity index (χ0) is 10.4. The van der Waals surface area contributed by atoms with Crippen LogP contribution in [-0.2, 0) is 17.5 Å². The van der Waals surface area contributed by atoms with Crippen molar-refractivity contribution in [1.29, 1.82) is 0 Å². The van der Waals surface area contributed by atoms with Crippen LogP contribution in [0.15, 0.2) is 24.3 Å². The van der Waals surface area contributed by atoms with Crippen LogP contribution in [0.3, 0.4) is 0 Å². The van der Waals surface area contributed by atoms with Crippen molar-refractivity contribution in [2.45, 2.75) is 13.3 Å². The van der Waals surface area contributed by atoms with E-state index in [0.717, 1.165) is 11.3 Å². The SMILES string of the molecule is CCOc1cccc(CCS(=O)[O-])c1. The summed E-state index contributed by atoms with van der Waals surface area (Å²) in [5.74, 6) is 0.956. The van der Waals surface area contributed by atoms with Crippen molar-refractivity contribution in [3.05, 3.63) is 29.8 Å². The van der Waals surface area contributed by atoms with Crippen molar-refractivity contribution in [2.75, 3.05) is 12.4 Å². The first-order valence-corrected chi connectivity index (χ1v) is 5.74. The summed E-state index contributed by atoms with van der Waals surface area (Å²) in [4.78, 5) is 0. The van der Waals surface area contributed by atoms with E-state index in [1.807, 2.05) is 31.2 Å². The highest BCUT2D eigenvalue weighted by Gasteiger charge is 1.96. The van der Waals surface area contributed by atoms with Gasteiger partial charge in [-0.25, -0.2) is 0 Å². The molecule has 0 N–H and O–H groups in total. The minimum absolute atomic E-state index is 0.162. The standard InChI is InChI=1S/C10H14O3S/c1-2-13-10-5-3-4-9(8-10)6-7-14(11)12/h3-5,8H,2,6-7H2,1H3,(H,11,12)/p-1. The van der Waals surface area contributed by atoms with Gasteiger partial charge in [-0.2, -0.15) is 0 Å². The Kier molecular flexibility index (Phi) is 4.62. The van der Waals surface area contributed by atoms with Gasteiger partial charge in [0.05, 0.1) is 6.61 Å². The smallest absolute Gasteiger partial charge is 0.119 e. The Hall–Kier alpha value is -0.870. The molecule has 1 atom stereocenters. The summed E-state index contributed by atoms with van der Waals surface area (Å²) >= 11 is -1.97. The second-order valence-electron chi connectivity index (χ2n) is 2.84. The Morgan fingerprint density at radius 3 is 2.93 bits per heavy atom. The minimum atomic E-state index is -1.97. The molecule has 0 spiro atoms. The molecule has 0 fully saturated rings. The molecule has 78 valence electrons. The van der Waals surface area contributed by atoms with Crippen molar-refractivity contribution in [2.24, 2.45) is 0 Å². The first-order valence-electron chi connectivity index (χ1n) is 4.50. The van der Waals surface area contributed by atoms with Gasteiger partial charge < -0.3 is 9.29 Å². The number of benzene rings is 1. The van der Waals surface area contributed by atoms with E-state index >= 15 is 0 Å². The van der Waals surface area contributed by atoms with Crippen LogP contribution in [0.4, 0.5) is 0 Å². The molecule has 0 aliphatic rings. The van der Waals surface area contributed by atoms with E-state index in [1.165, 1.54) is 0 Å². The van der Waals surface area contributed by atoms with Gasteiger partial charge in [-0.05, 0) is 31.0 Å². The maximum Gasteiger partial charge on any atom is 0.119 e. The lowest BCUT2D eigenvalue weighted by Gasteiger charge is -2.07. The largest absolute Gasteiger partial charge is 0.772 e. The fourth-order valence-corrected chi connectivity index (χ4v) is 1.56. The normalized spacial score (nSPS) is 12.4. The molecular weight excluding hydrogens is 200 g/mol. The zero-order valence-corrected chi connectivity index (χ0v) is 8.88. The second-order valence-corrected chi connectivity index (χ2v) is 3.85. The zero-order valence-electron chi connectivity index (χ0n) is 8.06. The molecule has 4 heteroatoms. The van der Waals surface area contributed by atoms with E-state index in [4.69, 9.17) is 4.74 Å². The Bertz CT molecular complexity index is 312. The summed E-state index contributed by atoms with van der Waals surface area (Å²) < 4.78 is 26.0. The van der Waals surface area contributed by atoms with Gasteiger partial charge in [0, 0.05) is 5.75 Å². The molecule has 0 bridgehead atoms. The Morgan fingerprint density at radius 2 is 2.29 bits per heavy atom. The molecule has 14 heavy (non-hydrogen) atoms. The lowest BCUT2D eigenvalue weighted by Crippen LogP contribution is -2.00. The lowest BCUT2D eigenvalue weighted by molar-refractivity contribution is 0.340. The number of rotatable bonds is 5. The van der Waals surface area contributed by atoms with E-state index in [-0.39, 0.29) is 5.75 Å². The van der Waals surface area contributed by atoms with E-state index in [2.05, 4.69) is 0 Å². The third-order valence-electron chi connectivity index (χ3n) is 1.77. The first-order chi connectivity index (χ1) is 6.72. The van der Waals surface area contributed by atoms with Crippen molar-refractivity contribution in [1.82, 2.24) is 0 Å². The van der Waals surface area contributed by atoms with Crippen LogP contribution in [-0.4, -0.2) is 21.1 Å². The molecule has 0 saturated heterocycles. The minimum Gasteiger partial charge on any atom is -0.772 e. The van der Waals surface area contributed by atoms with Gasteiger partial charge in [0.2, 0.25) is 0 Å². The fraction of sp³-hybridized carbons (Fsp3) is 0.400.